The number of nitrogens with one attached hydrogen (secondary N) is 1. The molecule has 4 aromatic rings. The first kappa shape index (κ1) is 32.3. The molecule has 8 nitrogen and oxygen atoms in total. The van der Waals surface area contributed by atoms with Gasteiger partial charge in [0.15, 0.2) is 11.8 Å². The third kappa shape index (κ3) is 6.79. The summed E-state index contributed by atoms with van der Waals surface area (Å²) in [6.07, 6.45) is -2.38. The van der Waals surface area contributed by atoms with Gasteiger partial charge in [-0.15, -0.1) is 0 Å². The first-order valence-electron chi connectivity index (χ1n) is 14.5. The molecule has 1 heterocycles. The lowest BCUT2D eigenvalue weighted by molar-refractivity contribution is -0.145. The highest BCUT2D eigenvalue weighted by molar-refractivity contribution is 6.13. The molecule has 3 aromatic carbocycles. The predicted molar refractivity (Wildman–Crippen MR) is 167 cm³/mol. The van der Waals surface area contributed by atoms with Gasteiger partial charge in [0.1, 0.15) is 5.82 Å². The summed E-state index contributed by atoms with van der Waals surface area (Å²) in [5.74, 6) is -2.92. The van der Waals surface area contributed by atoms with E-state index in [9.17, 15) is 34.1 Å². The van der Waals surface area contributed by atoms with Crippen LogP contribution in [0.3, 0.4) is 0 Å². The Labute approximate surface area is 255 Å². The Morgan fingerprint density at radius 1 is 0.886 bits per heavy atom. The highest BCUT2D eigenvalue weighted by atomic mass is 19.1. The van der Waals surface area contributed by atoms with E-state index in [4.69, 9.17) is 0 Å². The number of aliphatic carboxylic acids is 1. The van der Waals surface area contributed by atoms with Crippen LogP contribution in [0.15, 0.2) is 78.9 Å². The number of nitrogens with zero attached hydrogens (tertiary/aromatic N) is 1. The van der Waals surface area contributed by atoms with Crippen molar-refractivity contribution in [2.24, 2.45) is 0 Å². The van der Waals surface area contributed by atoms with Crippen molar-refractivity contribution in [1.29, 1.82) is 0 Å². The minimum absolute atomic E-state index is 0.121. The number of Topliss-reactive ketones (excluding diaryl/α,β-unsaturated/α-hetero) is 1. The largest absolute Gasteiger partial charge is 0.480 e. The van der Waals surface area contributed by atoms with Gasteiger partial charge in [-0.1, -0.05) is 51.1 Å². The van der Waals surface area contributed by atoms with Crippen molar-refractivity contribution >= 4 is 23.3 Å². The predicted octanol–water partition coefficient (Wildman–Crippen LogP) is 6.69. The van der Waals surface area contributed by atoms with Crippen LogP contribution in [0.2, 0.25) is 0 Å². The lowest BCUT2D eigenvalue weighted by Crippen LogP contribution is -2.35. The molecule has 3 unspecified atom stereocenters. The molecule has 230 valence electrons. The van der Waals surface area contributed by atoms with Gasteiger partial charge in [0, 0.05) is 28.9 Å². The number of hydrogen-bond acceptors (Lipinski definition) is 5. The average molecular weight is 601 g/mol. The van der Waals surface area contributed by atoms with Gasteiger partial charge in [0.05, 0.1) is 23.5 Å². The summed E-state index contributed by atoms with van der Waals surface area (Å²) >= 11 is 0. The van der Waals surface area contributed by atoms with Crippen molar-refractivity contribution in [3.8, 4) is 22.4 Å². The highest BCUT2D eigenvalue weighted by Gasteiger charge is 2.39. The molecule has 3 atom stereocenters. The van der Waals surface area contributed by atoms with E-state index in [1.54, 1.807) is 55.5 Å². The number of carboxylic acids is 1. The Balaban J connectivity index is 2.08. The Bertz CT molecular complexity index is 1630. The number of aliphatic hydroxyl groups excluding tert-OH is 2. The van der Waals surface area contributed by atoms with E-state index in [2.05, 4.69) is 5.32 Å². The molecule has 4 N–H and O–H groups in total. The topological polar surface area (TPSA) is 129 Å². The molecule has 0 saturated heterocycles. The molecule has 0 aliphatic carbocycles. The molecular formula is C35H37FN2O6. The second-order valence-corrected chi connectivity index (χ2v) is 11.1. The fraction of sp³-hybridized carbons (Fsp3) is 0.286. The van der Waals surface area contributed by atoms with Crippen LogP contribution in [0.1, 0.15) is 78.9 Å². The van der Waals surface area contributed by atoms with Crippen molar-refractivity contribution in [2.75, 3.05) is 5.32 Å². The molecule has 4 rings (SSSR count). The summed E-state index contributed by atoms with van der Waals surface area (Å²) in [6, 6.07) is 19.3. The van der Waals surface area contributed by atoms with Gasteiger partial charge in [-0.2, -0.15) is 0 Å². The lowest BCUT2D eigenvalue weighted by Gasteiger charge is -2.28. The molecular weight excluding hydrogens is 563 g/mol. The number of aromatic nitrogens is 1. The van der Waals surface area contributed by atoms with Crippen molar-refractivity contribution in [2.45, 2.75) is 64.7 Å². The zero-order valence-electron chi connectivity index (χ0n) is 25.1. The smallest absolute Gasteiger partial charge is 0.329 e. The summed E-state index contributed by atoms with van der Waals surface area (Å²) in [4.78, 5) is 39.0. The van der Waals surface area contributed by atoms with E-state index >= 15 is 0 Å². The van der Waals surface area contributed by atoms with E-state index < -0.39 is 41.9 Å². The third-order valence-electron chi connectivity index (χ3n) is 7.63. The minimum Gasteiger partial charge on any atom is -0.480 e. The fourth-order valence-electron chi connectivity index (χ4n) is 5.47. The maximum atomic E-state index is 14.3. The van der Waals surface area contributed by atoms with E-state index in [-0.39, 0.29) is 17.8 Å². The van der Waals surface area contributed by atoms with Gasteiger partial charge >= 0.3 is 5.97 Å². The first-order chi connectivity index (χ1) is 20.9. The zero-order valence-corrected chi connectivity index (χ0v) is 25.1. The number of carboxylic acid groups (broad SMARTS) is 1. The number of amides is 1. The van der Waals surface area contributed by atoms with E-state index in [0.717, 1.165) is 0 Å². The summed E-state index contributed by atoms with van der Waals surface area (Å²) in [7, 11) is 0. The molecule has 0 saturated carbocycles. The van der Waals surface area contributed by atoms with Gasteiger partial charge in [0.2, 0.25) is 0 Å². The summed E-state index contributed by atoms with van der Waals surface area (Å²) in [6.45, 7) is 6.81. The monoisotopic (exact) mass is 600 g/mol. The molecule has 0 fully saturated rings. The number of carbonyl (C=O) groups excluding carboxylic acids is 2. The number of carbonyl (C=O) groups is 3. The number of hydrogen-bond donors (Lipinski definition) is 4. The standard InChI is InChI=1S/C35H37FN2O6/c1-5-27(40)19-28(41)33(35(43)44)38-31(20(2)3)30(34(42)37-26-17-13-22(14-18-26)21(4)39)29(23-9-7-6-8-10-23)32(38)24-11-15-25(36)16-12-24/h6-18,20,27-28,33,40-41H,5,19H2,1-4H3,(H,37,42)(H,43,44). The zero-order chi connectivity index (χ0) is 32.1. The molecule has 9 heteroatoms. The highest BCUT2D eigenvalue weighted by Crippen LogP contribution is 2.45. The Hall–Kier alpha value is -4.60. The van der Waals surface area contributed by atoms with Gasteiger partial charge in [0.25, 0.3) is 5.91 Å². The molecule has 1 amide bonds. The van der Waals surface area contributed by atoms with Crippen LogP contribution in [-0.2, 0) is 4.79 Å². The van der Waals surface area contributed by atoms with Crippen molar-refractivity contribution in [3.63, 3.8) is 0 Å². The molecule has 0 radical (unpaired) electrons. The second-order valence-electron chi connectivity index (χ2n) is 11.1. The third-order valence-corrected chi connectivity index (χ3v) is 7.63. The molecule has 0 aliphatic heterocycles. The molecule has 44 heavy (non-hydrogen) atoms. The van der Waals surface area contributed by atoms with Gasteiger partial charge in [-0.05, 0) is 78.9 Å². The van der Waals surface area contributed by atoms with Crippen LogP contribution < -0.4 is 5.32 Å². The van der Waals surface area contributed by atoms with Crippen LogP contribution in [0.4, 0.5) is 10.1 Å². The van der Waals surface area contributed by atoms with Crippen LogP contribution >= 0.6 is 0 Å². The normalized spacial score (nSPS) is 13.4. The number of benzene rings is 3. The van der Waals surface area contributed by atoms with E-state index in [1.807, 2.05) is 19.9 Å². The van der Waals surface area contributed by atoms with Crippen LogP contribution in [0, 0.1) is 5.82 Å². The quantitative estimate of drug-likeness (QED) is 0.134. The summed E-state index contributed by atoms with van der Waals surface area (Å²) in [5.41, 5.74) is 3.21. The maximum Gasteiger partial charge on any atom is 0.329 e. The Morgan fingerprint density at radius 3 is 2.02 bits per heavy atom. The van der Waals surface area contributed by atoms with E-state index in [0.29, 0.717) is 45.7 Å². The molecule has 1 aromatic heterocycles. The Morgan fingerprint density at radius 2 is 1.50 bits per heavy atom. The minimum atomic E-state index is -1.59. The molecule has 0 aliphatic rings. The van der Waals surface area contributed by atoms with Crippen LogP contribution in [-0.4, -0.2) is 49.8 Å². The van der Waals surface area contributed by atoms with E-state index in [1.165, 1.54) is 35.8 Å². The average Bonchev–Trinajstić information content (AvgIpc) is 3.34. The first-order valence-corrected chi connectivity index (χ1v) is 14.5. The molecule has 0 spiro atoms. The second kappa shape index (κ2) is 13.8. The maximum absolute atomic E-state index is 14.3. The van der Waals surface area contributed by atoms with Crippen molar-refractivity contribution < 1.29 is 34.1 Å². The van der Waals surface area contributed by atoms with Crippen LogP contribution in [0.5, 0.6) is 0 Å². The van der Waals surface area contributed by atoms with Crippen molar-refractivity contribution in [3.05, 3.63) is 102 Å². The van der Waals surface area contributed by atoms with Gasteiger partial charge in [-0.3, -0.25) is 9.59 Å². The Kier molecular flexibility index (Phi) is 10.1. The van der Waals surface area contributed by atoms with Gasteiger partial charge in [-0.25, -0.2) is 9.18 Å². The number of rotatable bonds is 12. The SMILES string of the molecule is CCC(O)CC(O)C(C(=O)O)n1c(-c2ccc(F)cc2)c(-c2ccccc2)c(C(=O)Nc2ccc(C(C)=O)cc2)c1C(C)C. The lowest BCUT2D eigenvalue weighted by atomic mass is 9.94. The summed E-state index contributed by atoms with van der Waals surface area (Å²) < 4.78 is 15.6. The number of anilines is 1. The number of halogens is 1. The van der Waals surface area contributed by atoms with Crippen LogP contribution in [0.25, 0.3) is 22.4 Å². The number of aliphatic hydroxyl groups is 2. The summed E-state index contributed by atoms with van der Waals surface area (Å²) in [5, 5.41) is 35.1. The van der Waals surface area contributed by atoms with Gasteiger partial charge < -0.3 is 25.2 Å². The van der Waals surface area contributed by atoms with Crippen molar-refractivity contribution in [1.82, 2.24) is 4.57 Å². The fourth-order valence-corrected chi connectivity index (χ4v) is 5.47. The molecule has 0 bridgehead atoms. The number of ketones is 1.